The third kappa shape index (κ3) is 3.50. The molecule has 3 aliphatic rings. The van der Waals surface area contributed by atoms with Crippen molar-refractivity contribution in [2.24, 2.45) is 0 Å². The van der Waals surface area contributed by atoms with E-state index in [0.717, 1.165) is 0 Å². The van der Waals surface area contributed by atoms with Crippen molar-refractivity contribution in [2.45, 2.75) is 81.8 Å². The standard InChI is InChI=1S/C16H30N2O/c19-13-16(17-14-7-8-14)9-5-6-15(12-16)18-10-3-1-2-4-11-18/h14-15,17,19H,1-13H2. The topological polar surface area (TPSA) is 35.5 Å². The van der Waals surface area contributed by atoms with Gasteiger partial charge in [-0.2, -0.15) is 0 Å². The molecule has 2 atom stereocenters. The summed E-state index contributed by atoms with van der Waals surface area (Å²) >= 11 is 0. The first kappa shape index (κ1) is 13.8. The van der Waals surface area contributed by atoms with Crippen molar-refractivity contribution < 1.29 is 5.11 Å². The predicted octanol–water partition coefficient (Wildman–Crippen LogP) is 2.29. The Kier molecular flexibility index (Phi) is 4.45. The average molecular weight is 266 g/mol. The molecule has 110 valence electrons. The van der Waals surface area contributed by atoms with Gasteiger partial charge in [-0.25, -0.2) is 0 Å². The first-order valence-electron chi connectivity index (χ1n) is 8.44. The molecule has 2 unspecified atom stereocenters. The number of rotatable bonds is 4. The molecule has 0 aromatic rings. The van der Waals surface area contributed by atoms with E-state index in [1.807, 2.05) is 0 Å². The Hall–Kier alpha value is -0.120. The lowest BCUT2D eigenvalue weighted by atomic mass is 9.78. The quantitative estimate of drug-likeness (QED) is 0.819. The maximum absolute atomic E-state index is 9.91. The Morgan fingerprint density at radius 1 is 1.00 bits per heavy atom. The van der Waals surface area contributed by atoms with Crippen LogP contribution in [0, 0.1) is 0 Å². The molecule has 0 spiro atoms. The van der Waals surface area contributed by atoms with Gasteiger partial charge in [0.05, 0.1) is 6.61 Å². The molecule has 0 amide bonds. The van der Waals surface area contributed by atoms with Crippen molar-refractivity contribution in [1.29, 1.82) is 0 Å². The Morgan fingerprint density at radius 3 is 2.37 bits per heavy atom. The summed E-state index contributed by atoms with van der Waals surface area (Å²) in [6, 6.07) is 1.42. The molecular weight excluding hydrogens is 236 g/mol. The van der Waals surface area contributed by atoms with E-state index in [1.54, 1.807) is 0 Å². The second-order valence-corrected chi connectivity index (χ2v) is 7.06. The van der Waals surface area contributed by atoms with Crippen LogP contribution in [0.1, 0.15) is 64.2 Å². The van der Waals surface area contributed by atoms with Gasteiger partial charge in [-0.3, -0.25) is 0 Å². The monoisotopic (exact) mass is 266 g/mol. The Labute approximate surface area is 117 Å². The SMILES string of the molecule is OCC1(NC2CC2)CCCC(N2CCCCCC2)C1. The van der Waals surface area contributed by atoms with E-state index >= 15 is 0 Å². The maximum atomic E-state index is 9.91. The van der Waals surface area contributed by atoms with Gasteiger partial charge in [0.1, 0.15) is 0 Å². The molecule has 2 N–H and O–H groups in total. The lowest BCUT2D eigenvalue weighted by Crippen LogP contribution is -2.56. The molecule has 0 radical (unpaired) electrons. The van der Waals surface area contributed by atoms with Gasteiger partial charge in [-0.1, -0.05) is 12.8 Å². The molecule has 1 aliphatic heterocycles. The molecule has 3 nitrogen and oxygen atoms in total. The third-order valence-corrected chi connectivity index (χ3v) is 5.37. The second kappa shape index (κ2) is 6.11. The van der Waals surface area contributed by atoms with Gasteiger partial charge < -0.3 is 15.3 Å². The minimum atomic E-state index is 0.0381. The van der Waals surface area contributed by atoms with Gasteiger partial charge in [-0.15, -0.1) is 0 Å². The van der Waals surface area contributed by atoms with Crippen LogP contribution in [0.3, 0.4) is 0 Å². The smallest absolute Gasteiger partial charge is 0.0613 e. The van der Waals surface area contributed by atoms with Crippen LogP contribution in [-0.2, 0) is 0 Å². The van der Waals surface area contributed by atoms with E-state index in [4.69, 9.17) is 0 Å². The molecule has 0 aromatic heterocycles. The average Bonchev–Trinajstić information content (AvgIpc) is 3.25. The molecule has 3 fully saturated rings. The van der Waals surface area contributed by atoms with Crippen molar-refractivity contribution in [3.8, 4) is 0 Å². The number of aliphatic hydroxyl groups excluding tert-OH is 1. The zero-order valence-corrected chi connectivity index (χ0v) is 12.2. The molecule has 19 heavy (non-hydrogen) atoms. The minimum Gasteiger partial charge on any atom is -0.394 e. The molecule has 1 heterocycles. The van der Waals surface area contributed by atoms with E-state index in [2.05, 4.69) is 10.2 Å². The zero-order valence-electron chi connectivity index (χ0n) is 12.2. The summed E-state index contributed by atoms with van der Waals surface area (Å²) in [6.07, 6.45) is 13.2. The highest BCUT2D eigenvalue weighted by Gasteiger charge is 2.41. The second-order valence-electron chi connectivity index (χ2n) is 7.06. The fourth-order valence-corrected chi connectivity index (χ4v) is 4.08. The first-order valence-corrected chi connectivity index (χ1v) is 8.44. The van der Waals surface area contributed by atoms with Gasteiger partial charge in [0.15, 0.2) is 0 Å². The highest BCUT2D eigenvalue weighted by Crippen LogP contribution is 2.35. The van der Waals surface area contributed by atoms with Crippen LogP contribution in [-0.4, -0.2) is 47.3 Å². The summed E-state index contributed by atoms with van der Waals surface area (Å²) in [6.45, 7) is 2.90. The number of likely N-dealkylation sites (tertiary alicyclic amines) is 1. The Balaban J connectivity index is 1.61. The van der Waals surface area contributed by atoms with E-state index in [9.17, 15) is 5.11 Å². The van der Waals surface area contributed by atoms with Crippen LogP contribution >= 0.6 is 0 Å². The van der Waals surface area contributed by atoms with Crippen molar-refractivity contribution in [1.82, 2.24) is 10.2 Å². The van der Waals surface area contributed by atoms with Crippen LogP contribution in [0.4, 0.5) is 0 Å². The van der Waals surface area contributed by atoms with Crippen LogP contribution in [0.15, 0.2) is 0 Å². The molecule has 0 bridgehead atoms. The Bertz CT molecular complexity index is 284. The normalized spacial score (nSPS) is 38.1. The zero-order chi connectivity index (χ0) is 13.1. The summed E-state index contributed by atoms with van der Waals surface area (Å²) in [5.74, 6) is 0. The molecule has 3 heteroatoms. The Morgan fingerprint density at radius 2 is 1.74 bits per heavy atom. The number of hydrogen-bond donors (Lipinski definition) is 2. The molecule has 2 aliphatic carbocycles. The summed E-state index contributed by atoms with van der Waals surface area (Å²) in [5.41, 5.74) is 0.0381. The van der Waals surface area contributed by atoms with Crippen LogP contribution in [0.2, 0.25) is 0 Å². The third-order valence-electron chi connectivity index (χ3n) is 5.37. The lowest BCUT2D eigenvalue weighted by molar-refractivity contribution is 0.0592. The van der Waals surface area contributed by atoms with Gasteiger partial charge in [0.2, 0.25) is 0 Å². The largest absolute Gasteiger partial charge is 0.394 e. The van der Waals surface area contributed by atoms with E-state index in [1.165, 1.54) is 77.3 Å². The van der Waals surface area contributed by atoms with Crippen LogP contribution in [0.25, 0.3) is 0 Å². The highest BCUT2D eigenvalue weighted by molar-refractivity contribution is 5.00. The minimum absolute atomic E-state index is 0.0381. The van der Waals surface area contributed by atoms with Crippen molar-refractivity contribution in [2.75, 3.05) is 19.7 Å². The van der Waals surface area contributed by atoms with Gasteiger partial charge in [-0.05, 0) is 64.5 Å². The van der Waals surface area contributed by atoms with Gasteiger partial charge in [0.25, 0.3) is 0 Å². The lowest BCUT2D eigenvalue weighted by Gasteiger charge is -2.44. The van der Waals surface area contributed by atoms with Crippen LogP contribution in [0.5, 0.6) is 0 Å². The van der Waals surface area contributed by atoms with Crippen LogP contribution < -0.4 is 5.32 Å². The van der Waals surface area contributed by atoms with Gasteiger partial charge >= 0.3 is 0 Å². The molecule has 2 saturated carbocycles. The maximum Gasteiger partial charge on any atom is 0.0613 e. The first-order chi connectivity index (χ1) is 9.31. The summed E-state index contributed by atoms with van der Waals surface area (Å²) in [7, 11) is 0. The van der Waals surface area contributed by atoms with Crippen molar-refractivity contribution >= 4 is 0 Å². The van der Waals surface area contributed by atoms with E-state index in [-0.39, 0.29) is 5.54 Å². The van der Waals surface area contributed by atoms with Crippen molar-refractivity contribution in [3.05, 3.63) is 0 Å². The summed E-state index contributed by atoms with van der Waals surface area (Å²) in [4.78, 5) is 2.73. The number of nitrogens with zero attached hydrogens (tertiary/aromatic N) is 1. The molecular formula is C16H30N2O. The highest BCUT2D eigenvalue weighted by atomic mass is 16.3. The fourth-order valence-electron chi connectivity index (χ4n) is 4.08. The fraction of sp³-hybridized carbons (Fsp3) is 1.00. The van der Waals surface area contributed by atoms with Gasteiger partial charge in [0, 0.05) is 17.6 Å². The van der Waals surface area contributed by atoms with E-state index < -0.39 is 0 Å². The predicted molar refractivity (Wildman–Crippen MR) is 78.3 cm³/mol. The molecule has 0 aromatic carbocycles. The number of nitrogens with one attached hydrogen (secondary N) is 1. The van der Waals surface area contributed by atoms with Crippen molar-refractivity contribution in [3.63, 3.8) is 0 Å². The molecule has 1 saturated heterocycles. The summed E-state index contributed by atoms with van der Waals surface area (Å²) in [5, 5.41) is 13.7. The summed E-state index contributed by atoms with van der Waals surface area (Å²) < 4.78 is 0. The van der Waals surface area contributed by atoms with E-state index in [0.29, 0.717) is 18.7 Å². The number of hydrogen-bond acceptors (Lipinski definition) is 3. The molecule has 3 rings (SSSR count). The number of aliphatic hydroxyl groups is 1.